The molecule has 5 N–H and O–H groups in total. The van der Waals surface area contributed by atoms with Gasteiger partial charge in [0, 0.05) is 0 Å². The van der Waals surface area contributed by atoms with Gasteiger partial charge in [-0.05, 0) is 36.8 Å². The number of amides is 1. The van der Waals surface area contributed by atoms with Gasteiger partial charge < -0.3 is 15.8 Å². The zero-order valence-corrected chi connectivity index (χ0v) is 16.9. The minimum atomic E-state index is -0.382. The third-order valence-electron chi connectivity index (χ3n) is 4.09. The molecule has 0 atom stereocenters. The van der Waals surface area contributed by atoms with E-state index in [2.05, 4.69) is 37.2 Å². The van der Waals surface area contributed by atoms with Gasteiger partial charge in [-0.2, -0.15) is 0 Å². The van der Waals surface area contributed by atoms with Gasteiger partial charge >= 0.3 is 0 Å². The Morgan fingerprint density at radius 3 is 2.77 bits per heavy atom. The van der Waals surface area contributed by atoms with Crippen molar-refractivity contribution in [1.82, 2.24) is 20.4 Å². The van der Waals surface area contributed by atoms with Crippen molar-refractivity contribution in [2.24, 2.45) is 0 Å². The van der Waals surface area contributed by atoms with Crippen LogP contribution < -0.4 is 26.6 Å². The lowest BCUT2D eigenvalue weighted by molar-refractivity contribution is -0.122. The van der Waals surface area contributed by atoms with E-state index < -0.39 is 0 Å². The molecule has 4 aromatic rings. The second-order valence-corrected chi connectivity index (χ2v) is 7.41. The molecule has 0 bridgehead atoms. The Labute approximate surface area is 176 Å². The van der Waals surface area contributed by atoms with E-state index in [9.17, 15) is 4.79 Å². The minimum Gasteiger partial charge on any atom is -0.484 e. The van der Waals surface area contributed by atoms with Crippen LogP contribution in [0.25, 0.3) is 10.2 Å². The molecule has 0 unspecified atom stereocenters. The van der Waals surface area contributed by atoms with Crippen LogP contribution in [0.1, 0.15) is 5.56 Å². The van der Waals surface area contributed by atoms with Crippen LogP contribution >= 0.6 is 11.3 Å². The van der Waals surface area contributed by atoms with Gasteiger partial charge in [0.05, 0.1) is 10.2 Å². The number of para-hydroxylation sites is 1. The van der Waals surface area contributed by atoms with Crippen molar-refractivity contribution in [2.75, 3.05) is 23.1 Å². The Balaban J connectivity index is 1.39. The summed E-state index contributed by atoms with van der Waals surface area (Å²) in [6.07, 6.45) is 1.34. The normalized spacial score (nSPS) is 10.6. The molecule has 0 aliphatic rings. The largest absolute Gasteiger partial charge is 0.484 e. The predicted molar refractivity (Wildman–Crippen MR) is 118 cm³/mol. The Morgan fingerprint density at radius 2 is 1.93 bits per heavy atom. The van der Waals surface area contributed by atoms with Gasteiger partial charge in [-0.3, -0.25) is 15.6 Å². The predicted octanol–water partition coefficient (Wildman–Crippen LogP) is 3.24. The number of aromatic nitrogens is 3. The number of nitrogens with one attached hydrogen (secondary N) is 3. The highest BCUT2D eigenvalue weighted by Crippen LogP contribution is 2.31. The quantitative estimate of drug-likeness (QED) is 0.335. The summed E-state index contributed by atoms with van der Waals surface area (Å²) in [5, 5.41) is 3.77. The van der Waals surface area contributed by atoms with E-state index in [4.69, 9.17) is 10.5 Å². The van der Waals surface area contributed by atoms with Gasteiger partial charge in [-0.15, -0.1) is 0 Å². The molecule has 0 saturated heterocycles. The third kappa shape index (κ3) is 4.55. The molecule has 2 heterocycles. The number of carbonyl (C=O) groups excluding carboxylic acids is 1. The van der Waals surface area contributed by atoms with Crippen LogP contribution in [-0.4, -0.2) is 27.5 Å². The number of hydrogen-bond acceptors (Lipinski definition) is 9. The molecule has 0 radical (unpaired) electrons. The van der Waals surface area contributed by atoms with E-state index in [1.165, 1.54) is 17.7 Å². The maximum absolute atomic E-state index is 12.0. The summed E-state index contributed by atoms with van der Waals surface area (Å²) in [6.45, 7) is 1.88. The topological polar surface area (TPSA) is 127 Å². The van der Waals surface area contributed by atoms with Crippen molar-refractivity contribution in [3.05, 3.63) is 60.4 Å². The maximum atomic E-state index is 12.0. The molecule has 2 aromatic heterocycles. The zero-order chi connectivity index (χ0) is 20.9. The number of nitrogens with zero attached hydrogens (tertiary/aromatic N) is 3. The van der Waals surface area contributed by atoms with Crippen LogP contribution in [0.4, 0.5) is 22.5 Å². The number of benzene rings is 2. The van der Waals surface area contributed by atoms with Crippen LogP contribution in [0.15, 0.2) is 54.9 Å². The molecule has 0 aliphatic heterocycles. The van der Waals surface area contributed by atoms with Gasteiger partial charge in [0.25, 0.3) is 5.91 Å². The highest BCUT2D eigenvalue weighted by Gasteiger charge is 2.12. The average molecular weight is 421 g/mol. The minimum absolute atomic E-state index is 0.155. The fourth-order valence-electron chi connectivity index (χ4n) is 2.61. The molecular weight excluding hydrogens is 402 g/mol. The van der Waals surface area contributed by atoms with Gasteiger partial charge in [-0.1, -0.05) is 35.6 Å². The molecule has 152 valence electrons. The number of rotatable bonds is 7. The van der Waals surface area contributed by atoms with E-state index >= 15 is 0 Å². The Morgan fingerprint density at radius 1 is 1.13 bits per heavy atom. The zero-order valence-electron chi connectivity index (χ0n) is 16.0. The van der Waals surface area contributed by atoms with E-state index in [1.807, 2.05) is 37.3 Å². The summed E-state index contributed by atoms with van der Waals surface area (Å²) in [4.78, 5) is 24.8. The molecule has 0 aliphatic carbocycles. The second-order valence-electron chi connectivity index (χ2n) is 6.37. The van der Waals surface area contributed by atoms with Crippen LogP contribution in [0.2, 0.25) is 0 Å². The number of ether oxygens (including phenoxy) is 1. The number of nitrogen functional groups attached to an aromatic ring is 1. The Hall–Kier alpha value is -3.92. The summed E-state index contributed by atoms with van der Waals surface area (Å²) < 4.78 is 6.46. The van der Waals surface area contributed by atoms with Gasteiger partial charge in [0.1, 0.15) is 17.8 Å². The fourth-order valence-corrected chi connectivity index (χ4v) is 3.58. The molecule has 1 amide bonds. The van der Waals surface area contributed by atoms with E-state index in [1.54, 1.807) is 12.1 Å². The summed E-state index contributed by atoms with van der Waals surface area (Å²) >= 11 is 1.50. The van der Waals surface area contributed by atoms with E-state index in [-0.39, 0.29) is 24.0 Å². The lowest BCUT2D eigenvalue weighted by Crippen LogP contribution is -2.34. The lowest BCUT2D eigenvalue weighted by Gasteiger charge is -2.12. The Kier molecular flexibility index (Phi) is 5.57. The molecule has 0 fully saturated rings. The average Bonchev–Trinajstić information content (AvgIpc) is 3.15. The van der Waals surface area contributed by atoms with Crippen LogP contribution in [0, 0.1) is 6.92 Å². The van der Waals surface area contributed by atoms with Crippen molar-refractivity contribution in [3.8, 4) is 5.75 Å². The van der Waals surface area contributed by atoms with E-state index in [0.29, 0.717) is 16.7 Å². The van der Waals surface area contributed by atoms with Crippen LogP contribution in [0.5, 0.6) is 5.75 Å². The van der Waals surface area contributed by atoms with Gasteiger partial charge in [-0.25, -0.2) is 15.0 Å². The monoisotopic (exact) mass is 421 g/mol. The number of nitrogens with two attached hydrogens (primary N) is 1. The first kappa shape index (κ1) is 19.4. The number of thiazole rings is 1. The maximum Gasteiger partial charge on any atom is 0.276 e. The summed E-state index contributed by atoms with van der Waals surface area (Å²) in [6, 6.07) is 15.1. The molecule has 2 aromatic carbocycles. The smallest absolute Gasteiger partial charge is 0.276 e. The molecule has 9 nitrogen and oxygen atoms in total. The highest BCUT2D eigenvalue weighted by atomic mass is 32.1. The molecule has 4 rings (SSSR count). The molecule has 10 heteroatoms. The van der Waals surface area contributed by atoms with Crippen molar-refractivity contribution < 1.29 is 9.53 Å². The van der Waals surface area contributed by atoms with Crippen molar-refractivity contribution in [1.29, 1.82) is 0 Å². The third-order valence-corrected chi connectivity index (χ3v) is 5.02. The first-order valence-corrected chi connectivity index (χ1v) is 9.87. The standard InChI is InChI=1S/C20H19N7O2S/c1-12-7-8-14-15(9-12)30-20(24-14)25-18-17(21)19(23-11-22-18)27-26-16(28)10-29-13-5-3-2-4-6-13/h2-9,11H,10,21H2,1H3,(H,26,28)(H2,22,23,24,25,27). The number of aryl methyl sites for hydroxylation is 1. The van der Waals surface area contributed by atoms with Gasteiger partial charge in [0.2, 0.25) is 0 Å². The summed E-state index contributed by atoms with van der Waals surface area (Å²) in [5.41, 5.74) is 13.7. The summed E-state index contributed by atoms with van der Waals surface area (Å²) in [7, 11) is 0. The first-order valence-electron chi connectivity index (χ1n) is 9.06. The van der Waals surface area contributed by atoms with Crippen LogP contribution in [-0.2, 0) is 4.79 Å². The summed E-state index contributed by atoms with van der Waals surface area (Å²) in [5.74, 6) is 0.871. The molecule has 0 saturated carbocycles. The SMILES string of the molecule is Cc1ccc2nc(Nc3ncnc(NNC(=O)COc4ccccc4)c3N)sc2c1. The number of hydrogen-bond donors (Lipinski definition) is 4. The number of carbonyl (C=O) groups is 1. The Bertz CT molecular complexity index is 1180. The van der Waals surface area contributed by atoms with Crippen molar-refractivity contribution >= 4 is 49.9 Å². The molecular formula is C20H19N7O2S. The number of anilines is 4. The number of fused-ring (bicyclic) bond motifs is 1. The molecule has 0 spiro atoms. The van der Waals surface area contributed by atoms with Crippen LogP contribution in [0.3, 0.4) is 0 Å². The van der Waals surface area contributed by atoms with E-state index in [0.717, 1.165) is 15.8 Å². The van der Waals surface area contributed by atoms with Crippen molar-refractivity contribution in [2.45, 2.75) is 6.92 Å². The second kappa shape index (κ2) is 8.62. The lowest BCUT2D eigenvalue weighted by atomic mass is 10.2. The van der Waals surface area contributed by atoms with Gasteiger partial charge in [0.15, 0.2) is 23.4 Å². The highest BCUT2D eigenvalue weighted by molar-refractivity contribution is 7.22. The number of hydrazine groups is 1. The first-order chi connectivity index (χ1) is 14.6. The van der Waals surface area contributed by atoms with Crippen molar-refractivity contribution in [3.63, 3.8) is 0 Å². The fraction of sp³-hybridized carbons (Fsp3) is 0.100. The molecule has 30 heavy (non-hydrogen) atoms.